The van der Waals surface area contributed by atoms with Gasteiger partial charge in [0.15, 0.2) is 0 Å². The second-order valence-electron chi connectivity index (χ2n) is 8.54. The largest absolute Gasteiger partial charge is 0.247 e. The molecule has 0 saturated carbocycles. The first-order chi connectivity index (χ1) is 14.2. The van der Waals surface area contributed by atoms with Crippen LogP contribution in [0.5, 0.6) is 0 Å². The molecule has 1 heterocycles. The van der Waals surface area contributed by atoms with E-state index in [4.69, 9.17) is 4.98 Å². The number of benzene rings is 2. The molecule has 0 N–H and O–H groups in total. The molecule has 156 valence electrons. The number of aromatic nitrogens is 1. The quantitative estimate of drug-likeness (QED) is 0.319. The van der Waals surface area contributed by atoms with Gasteiger partial charge in [0.25, 0.3) is 0 Å². The lowest BCUT2D eigenvalue weighted by molar-refractivity contribution is 0.809. The smallest absolute Gasteiger partial charge is 0.0747 e. The third kappa shape index (κ3) is 4.34. The molecule has 0 saturated heterocycles. The summed E-state index contributed by atoms with van der Waals surface area (Å²) in [6, 6.07) is 9.21. The van der Waals surface area contributed by atoms with E-state index in [1.54, 1.807) is 22.3 Å². The highest BCUT2D eigenvalue weighted by Crippen LogP contribution is 2.36. The van der Waals surface area contributed by atoms with Gasteiger partial charge in [0.2, 0.25) is 0 Å². The highest BCUT2D eigenvalue weighted by atomic mass is 14.7. The lowest BCUT2D eigenvalue weighted by atomic mass is 9.83. The van der Waals surface area contributed by atoms with Crippen molar-refractivity contribution in [3.8, 4) is 0 Å². The van der Waals surface area contributed by atoms with Crippen LogP contribution >= 0.6 is 0 Å². The first kappa shape index (κ1) is 21.8. The van der Waals surface area contributed by atoms with Gasteiger partial charge in [-0.2, -0.15) is 0 Å². The molecule has 0 radical (unpaired) electrons. The van der Waals surface area contributed by atoms with E-state index in [9.17, 15) is 0 Å². The molecule has 1 heteroatoms. The van der Waals surface area contributed by atoms with E-state index >= 15 is 0 Å². The molecule has 3 rings (SSSR count). The van der Waals surface area contributed by atoms with Crippen molar-refractivity contribution in [3.05, 3.63) is 52.1 Å². The molecule has 2 aromatic carbocycles. The minimum absolute atomic E-state index is 1.11. The van der Waals surface area contributed by atoms with Crippen LogP contribution in [-0.2, 0) is 32.1 Å². The van der Waals surface area contributed by atoms with Gasteiger partial charge in [-0.3, -0.25) is 0 Å². The van der Waals surface area contributed by atoms with Gasteiger partial charge in [0, 0.05) is 10.8 Å². The van der Waals surface area contributed by atoms with Crippen molar-refractivity contribution >= 4 is 21.8 Å². The van der Waals surface area contributed by atoms with E-state index in [2.05, 4.69) is 58.9 Å². The minimum atomic E-state index is 1.11. The Bertz CT molecular complexity index is 967. The van der Waals surface area contributed by atoms with Gasteiger partial charge in [-0.05, 0) is 66.0 Å². The molecule has 0 aliphatic heterocycles. The third-order valence-corrected chi connectivity index (χ3v) is 6.15. The van der Waals surface area contributed by atoms with Gasteiger partial charge in [0.1, 0.15) is 0 Å². The zero-order valence-electron chi connectivity index (χ0n) is 19.3. The Labute approximate surface area is 177 Å². The van der Waals surface area contributed by atoms with Crippen molar-refractivity contribution < 1.29 is 0 Å². The van der Waals surface area contributed by atoms with Gasteiger partial charge >= 0.3 is 0 Å². The summed E-state index contributed by atoms with van der Waals surface area (Å²) in [5.74, 6) is 0. The number of para-hydroxylation sites is 1. The lowest BCUT2D eigenvalue weighted by Crippen LogP contribution is -2.08. The second-order valence-corrected chi connectivity index (χ2v) is 8.54. The average molecular weight is 390 g/mol. The Morgan fingerprint density at radius 2 is 1.14 bits per heavy atom. The monoisotopic (exact) mass is 389 g/mol. The SMILES string of the molecule is CCCc1c(CCC)c(CCC)c2nc3c(CCC)cccc3cc2c1CCC. The summed E-state index contributed by atoms with van der Waals surface area (Å²) in [4.78, 5) is 5.40. The van der Waals surface area contributed by atoms with E-state index in [0.29, 0.717) is 0 Å². The van der Waals surface area contributed by atoms with Crippen LogP contribution < -0.4 is 0 Å². The van der Waals surface area contributed by atoms with Crippen molar-refractivity contribution in [3.63, 3.8) is 0 Å². The van der Waals surface area contributed by atoms with Gasteiger partial charge in [-0.15, -0.1) is 0 Å². The fraction of sp³-hybridized carbons (Fsp3) is 0.536. The van der Waals surface area contributed by atoms with Gasteiger partial charge < -0.3 is 0 Å². The molecule has 1 aromatic heterocycles. The Morgan fingerprint density at radius 1 is 0.586 bits per heavy atom. The number of hydrogen-bond acceptors (Lipinski definition) is 1. The minimum Gasteiger partial charge on any atom is -0.247 e. The van der Waals surface area contributed by atoms with Crippen LogP contribution in [0.3, 0.4) is 0 Å². The van der Waals surface area contributed by atoms with Crippen LogP contribution in [0.2, 0.25) is 0 Å². The van der Waals surface area contributed by atoms with E-state index in [1.165, 1.54) is 65.9 Å². The van der Waals surface area contributed by atoms with Crippen molar-refractivity contribution in [2.75, 3.05) is 0 Å². The first-order valence-corrected chi connectivity index (χ1v) is 12.1. The molecule has 0 spiro atoms. The molecule has 0 aliphatic carbocycles. The van der Waals surface area contributed by atoms with Crippen LogP contribution in [0, 0.1) is 0 Å². The summed E-state index contributed by atoms with van der Waals surface area (Å²) < 4.78 is 0. The summed E-state index contributed by atoms with van der Waals surface area (Å²) in [7, 11) is 0. The zero-order valence-corrected chi connectivity index (χ0v) is 19.3. The van der Waals surface area contributed by atoms with Crippen LogP contribution in [0.4, 0.5) is 0 Å². The first-order valence-electron chi connectivity index (χ1n) is 12.1. The number of pyridine rings is 1. The molecule has 0 fully saturated rings. The maximum atomic E-state index is 5.40. The van der Waals surface area contributed by atoms with E-state index < -0.39 is 0 Å². The molecule has 3 aromatic rings. The second kappa shape index (κ2) is 10.2. The normalized spacial score (nSPS) is 11.6. The topological polar surface area (TPSA) is 12.9 Å². The highest BCUT2D eigenvalue weighted by molar-refractivity contribution is 5.98. The molecule has 1 nitrogen and oxygen atoms in total. The van der Waals surface area contributed by atoms with Crippen molar-refractivity contribution in [2.45, 2.75) is 98.8 Å². The predicted octanol–water partition coefficient (Wildman–Crippen LogP) is 8.15. The highest BCUT2D eigenvalue weighted by Gasteiger charge is 2.19. The molecule has 0 atom stereocenters. The van der Waals surface area contributed by atoms with E-state index in [-0.39, 0.29) is 0 Å². The molecule has 0 aliphatic rings. The number of rotatable bonds is 10. The summed E-state index contributed by atoms with van der Waals surface area (Å²) in [5, 5.41) is 2.74. The van der Waals surface area contributed by atoms with Crippen molar-refractivity contribution in [1.29, 1.82) is 0 Å². The van der Waals surface area contributed by atoms with Crippen LogP contribution in [-0.4, -0.2) is 4.98 Å². The van der Waals surface area contributed by atoms with Crippen LogP contribution in [0.1, 0.15) is 94.5 Å². The Hall–Kier alpha value is -1.89. The molecule has 0 unspecified atom stereocenters. The predicted molar refractivity (Wildman–Crippen MR) is 129 cm³/mol. The molecule has 29 heavy (non-hydrogen) atoms. The average Bonchev–Trinajstić information content (AvgIpc) is 2.72. The molecule has 0 bridgehead atoms. The van der Waals surface area contributed by atoms with Crippen LogP contribution in [0.15, 0.2) is 24.3 Å². The maximum Gasteiger partial charge on any atom is 0.0747 e. The fourth-order valence-corrected chi connectivity index (χ4v) is 5.02. The van der Waals surface area contributed by atoms with Gasteiger partial charge in [-0.1, -0.05) is 84.9 Å². The number of hydrogen-bond donors (Lipinski definition) is 0. The number of aryl methyl sites for hydroxylation is 3. The Balaban J connectivity index is 2.46. The molecule has 0 amide bonds. The van der Waals surface area contributed by atoms with Gasteiger partial charge in [0.05, 0.1) is 11.0 Å². The van der Waals surface area contributed by atoms with Crippen molar-refractivity contribution in [1.82, 2.24) is 4.98 Å². The van der Waals surface area contributed by atoms with Crippen molar-refractivity contribution in [2.24, 2.45) is 0 Å². The molecular weight excluding hydrogens is 350 g/mol. The number of fused-ring (bicyclic) bond motifs is 2. The fourth-order valence-electron chi connectivity index (χ4n) is 5.02. The third-order valence-electron chi connectivity index (χ3n) is 6.15. The number of nitrogens with zero attached hydrogens (tertiary/aromatic N) is 1. The zero-order chi connectivity index (χ0) is 20.8. The summed E-state index contributed by atoms with van der Waals surface area (Å²) in [6.07, 6.45) is 11.8. The van der Waals surface area contributed by atoms with E-state index in [1.807, 2.05) is 0 Å². The summed E-state index contributed by atoms with van der Waals surface area (Å²) in [6.45, 7) is 11.5. The Kier molecular flexibility index (Phi) is 7.70. The lowest BCUT2D eigenvalue weighted by Gasteiger charge is -2.22. The summed E-state index contributed by atoms with van der Waals surface area (Å²) >= 11 is 0. The van der Waals surface area contributed by atoms with Crippen LogP contribution in [0.25, 0.3) is 21.8 Å². The summed E-state index contributed by atoms with van der Waals surface area (Å²) in [5.41, 5.74) is 10.3. The maximum absolute atomic E-state index is 5.40. The van der Waals surface area contributed by atoms with E-state index in [0.717, 1.165) is 25.7 Å². The standard InChI is InChI=1S/C28H39N/c1-6-12-20-17-11-18-21-19-26-24(15-9-4)22(13-7-2)23(14-8-3)25(16-10-5)28(26)29-27(20)21/h11,17-19H,6-10,12-16H2,1-5H3. The Morgan fingerprint density at radius 3 is 1.76 bits per heavy atom. The van der Waals surface area contributed by atoms with Gasteiger partial charge in [-0.25, -0.2) is 4.98 Å². The molecular formula is C28H39N.